The van der Waals surface area contributed by atoms with Crippen LogP contribution in [-0.2, 0) is 4.74 Å². The minimum atomic E-state index is -1.36. The van der Waals surface area contributed by atoms with Gasteiger partial charge in [-0.25, -0.2) is 4.79 Å². The van der Waals surface area contributed by atoms with Gasteiger partial charge in [-0.15, -0.1) is 0 Å². The molecule has 1 aliphatic rings. The molecule has 0 amide bonds. The number of hydrogen-bond acceptors (Lipinski definition) is 7. The second-order valence-corrected chi connectivity index (χ2v) is 5.32. The molecule has 0 bridgehead atoms. The zero-order valence-electron chi connectivity index (χ0n) is 12.1. The van der Waals surface area contributed by atoms with E-state index in [1.165, 1.54) is 6.20 Å². The van der Waals surface area contributed by atoms with E-state index in [1.807, 2.05) is 18.2 Å². The van der Waals surface area contributed by atoms with Crippen LogP contribution in [0.4, 0.5) is 5.82 Å². The largest absolute Gasteiger partial charge is 0.394 e. The fourth-order valence-corrected chi connectivity index (χ4v) is 2.61. The van der Waals surface area contributed by atoms with Crippen molar-refractivity contribution in [1.29, 1.82) is 0 Å². The molecule has 8 nitrogen and oxygen atoms in total. The number of nitrogens with two attached hydrogens (primary N) is 1. The Kier molecular flexibility index (Phi) is 4.14. The van der Waals surface area contributed by atoms with Crippen molar-refractivity contribution in [2.75, 3.05) is 12.3 Å². The number of aromatic nitrogens is 2. The first-order valence-electron chi connectivity index (χ1n) is 7.09. The molecule has 8 heteroatoms. The zero-order valence-corrected chi connectivity index (χ0v) is 12.1. The third kappa shape index (κ3) is 2.73. The van der Waals surface area contributed by atoms with Crippen LogP contribution in [0, 0.1) is 0 Å². The van der Waals surface area contributed by atoms with Gasteiger partial charge in [0.05, 0.1) is 6.61 Å². The van der Waals surface area contributed by atoms with Crippen molar-refractivity contribution in [2.45, 2.75) is 24.5 Å². The van der Waals surface area contributed by atoms with E-state index in [4.69, 9.17) is 15.6 Å². The van der Waals surface area contributed by atoms with Gasteiger partial charge in [0, 0.05) is 11.8 Å². The van der Waals surface area contributed by atoms with E-state index in [1.54, 1.807) is 12.1 Å². The van der Waals surface area contributed by atoms with Gasteiger partial charge in [-0.3, -0.25) is 4.57 Å². The van der Waals surface area contributed by atoms with Crippen LogP contribution < -0.4 is 11.4 Å². The lowest BCUT2D eigenvalue weighted by Crippen LogP contribution is -2.36. The van der Waals surface area contributed by atoms with Gasteiger partial charge < -0.3 is 25.8 Å². The molecule has 23 heavy (non-hydrogen) atoms. The van der Waals surface area contributed by atoms with Crippen molar-refractivity contribution in [3.8, 4) is 11.1 Å². The van der Waals surface area contributed by atoms with Gasteiger partial charge in [0.15, 0.2) is 6.23 Å². The number of aliphatic hydroxyl groups excluding tert-OH is 3. The van der Waals surface area contributed by atoms with E-state index < -0.39 is 36.8 Å². The quantitative estimate of drug-likeness (QED) is 0.577. The van der Waals surface area contributed by atoms with Crippen LogP contribution in [0.25, 0.3) is 11.1 Å². The van der Waals surface area contributed by atoms with Crippen molar-refractivity contribution < 1.29 is 20.1 Å². The summed E-state index contributed by atoms with van der Waals surface area (Å²) in [6.07, 6.45) is -3.35. The smallest absolute Gasteiger partial charge is 0.351 e. The van der Waals surface area contributed by atoms with E-state index in [0.29, 0.717) is 5.56 Å². The number of nitrogen functional groups attached to an aromatic ring is 1. The van der Waals surface area contributed by atoms with E-state index >= 15 is 0 Å². The van der Waals surface area contributed by atoms with Crippen LogP contribution in [0.15, 0.2) is 41.3 Å². The molecular formula is C15H17N3O5. The van der Waals surface area contributed by atoms with Crippen molar-refractivity contribution in [3.05, 3.63) is 47.0 Å². The van der Waals surface area contributed by atoms with Crippen molar-refractivity contribution in [3.63, 3.8) is 0 Å². The van der Waals surface area contributed by atoms with Gasteiger partial charge in [0.25, 0.3) is 0 Å². The summed E-state index contributed by atoms with van der Waals surface area (Å²) in [6, 6.07) is 9.08. The van der Waals surface area contributed by atoms with Gasteiger partial charge in [-0.1, -0.05) is 30.3 Å². The lowest BCUT2D eigenvalue weighted by molar-refractivity contribution is -0.0548. The van der Waals surface area contributed by atoms with Gasteiger partial charge in [0.2, 0.25) is 0 Å². The van der Waals surface area contributed by atoms with E-state index in [-0.39, 0.29) is 5.82 Å². The number of nitrogens with zero attached hydrogens (tertiary/aromatic N) is 2. The van der Waals surface area contributed by atoms with Crippen LogP contribution in [0.5, 0.6) is 0 Å². The molecule has 2 heterocycles. The summed E-state index contributed by atoms with van der Waals surface area (Å²) in [7, 11) is 0. The molecule has 0 radical (unpaired) electrons. The molecule has 1 saturated heterocycles. The normalized spacial score (nSPS) is 27.3. The van der Waals surface area contributed by atoms with Gasteiger partial charge in [-0.2, -0.15) is 4.98 Å². The maximum Gasteiger partial charge on any atom is 0.351 e. The molecule has 0 aliphatic carbocycles. The molecule has 1 aromatic carbocycles. The summed E-state index contributed by atoms with van der Waals surface area (Å²) in [4.78, 5) is 15.8. The van der Waals surface area contributed by atoms with Crippen LogP contribution in [0.3, 0.4) is 0 Å². The van der Waals surface area contributed by atoms with Crippen LogP contribution in [0.2, 0.25) is 0 Å². The highest BCUT2D eigenvalue weighted by Crippen LogP contribution is 2.30. The lowest BCUT2D eigenvalue weighted by atomic mass is 10.1. The second-order valence-electron chi connectivity index (χ2n) is 5.32. The first-order valence-corrected chi connectivity index (χ1v) is 7.09. The predicted octanol–water partition coefficient (Wildman–Crippen LogP) is -0.896. The Labute approximate surface area is 131 Å². The fourth-order valence-electron chi connectivity index (χ4n) is 2.61. The number of hydrogen-bond donors (Lipinski definition) is 4. The van der Waals surface area contributed by atoms with E-state index in [9.17, 15) is 15.0 Å². The number of benzene rings is 1. The monoisotopic (exact) mass is 319 g/mol. The third-order valence-electron chi connectivity index (χ3n) is 3.86. The Balaban J connectivity index is 2.06. The number of aliphatic hydroxyl groups is 3. The van der Waals surface area contributed by atoms with Gasteiger partial charge in [0.1, 0.15) is 24.1 Å². The summed E-state index contributed by atoms with van der Waals surface area (Å²) < 4.78 is 6.44. The van der Waals surface area contributed by atoms with Crippen molar-refractivity contribution >= 4 is 5.82 Å². The first-order chi connectivity index (χ1) is 11.0. The van der Waals surface area contributed by atoms with Crippen LogP contribution >= 0.6 is 0 Å². The molecule has 1 fully saturated rings. The molecule has 1 aromatic heterocycles. The molecular weight excluding hydrogens is 302 g/mol. The second kappa shape index (κ2) is 6.09. The first kappa shape index (κ1) is 15.6. The minimum Gasteiger partial charge on any atom is -0.394 e. The molecule has 5 N–H and O–H groups in total. The highest BCUT2D eigenvalue weighted by atomic mass is 16.6. The molecule has 1 aliphatic heterocycles. The average molecular weight is 319 g/mol. The van der Waals surface area contributed by atoms with Crippen molar-refractivity contribution in [1.82, 2.24) is 9.55 Å². The maximum absolute atomic E-state index is 12.1. The summed E-state index contributed by atoms with van der Waals surface area (Å²) in [6.45, 7) is -0.475. The Morgan fingerprint density at radius 2 is 1.91 bits per heavy atom. The lowest BCUT2D eigenvalue weighted by Gasteiger charge is -2.18. The fraction of sp³-hybridized carbons (Fsp3) is 0.333. The van der Waals surface area contributed by atoms with E-state index in [0.717, 1.165) is 10.1 Å². The third-order valence-corrected chi connectivity index (χ3v) is 3.86. The Morgan fingerprint density at radius 3 is 2.52 bits per heavy atom. The number of ether oxygens (including phenoxy) is 1. The Hall–Kier alpha value is -2.26. The SMILES string of the molecule is Nc1nc(=O)n([C@@H]2O[C@H](CO)[C@@H](O)[C@@H]2O)cc1-c1ccccc1. The number of rotatable bonds is 3. The Morgan fingerprint density at radius 1 is 1.22 bits per heavy atom. The molecule has 122 valence electrons. The highest BCUT2D eigenvalue weighted by molar-refractivity contribution is 5.72. The molecule has 2 aromatic rings. The summed E-state index contributed by atoms with van der Waals surface area (Å²) >= 11 is 0. The predicted molar refractivity (Wildman–Crippen MR) is 81.4 cm³/mol. The summed E-state index contributed by atoms with van der Waals surface area (Å²) in [5.74, 6) is 0.0594. The topological polar surface area (TPSA) is 131 Å². The molecule has 4 atom stereocenters. The van der Waals surface area contributed by atoms with Crippen LogP contribution in [-0.4, -0.2) is 49.8 Å². The molecule has 0 saturated carbocycles. The molecule has 0 spiro atoms. The van der Waals surface area contributed by atoms with E-state index in [2.05, 4.69) is 4.98 Å². The Bertz CT molecular complexity index is 749. The standard InChI is InChI=1S/C15H17N3O5/c16-13-9(8-4-2-1-3-5-8)6-18(15(22)17-13)14-12(21)11(20)10(7-19)23-14/h1-6,10-12,14,19-21H,7H2,(H2,16,17,22)/t10-,11-,12+,14-/m1/s1. The summed E-state index contributed by atoms with van der Waals surface area (Å²) in [5.41, 5.74) is 6.36. The van der Waals surface area contributed by atoms with Gasteiger partial charge >= 0.3 is 5.69 Å². The number of anilines is 1. The maximum atomic E-state index is 12.1. The van der Waals surface area contributed by atoms with Crippen molar-refractivity contribution in [2.24, 2.45) is 0 Å². The van der Waals surface area contributed by atoms with Gasteiger partial charge in [-0.05, 0) is 5.56 Å². The summed E-state index contributed by atoms with van der Waals surface area (Å²) in [5, 5.41) is 29.0. The zero-order chi connectivity index (χ0) is 16.6. The highest BCUT2D eigenvalue weighted by Gasteiger charge is 2.43. The minimum absolute atomic E-state index is 0.0594. The molecule has 0 unspecified atom stereocenters. The molecule has 3 rings (SSSR count). The average Bonchev–Trinajstić information content (AvgIpc) is 2.84. The van der Waals surface area contributed by atoms with Crippen LogP contribution in [0.1, 0.15) is 6.23 Å².